The van der Waals surface area contributed by atoms with Crippen molar-refractivity contribution in [1.29, 1.82) is 0 Å². The van der Waals surface area contributed by atoms with Gasteiger partial charge in [0, 0.05) is 24.9 Å². The molecular weight excluding hydrogens is 236 g/mol. The molecule has 0 bridgehead atoms. The number of carbonyl (C=O) groups excluding carboxylic acids is 1. The number of ketones is 1. The zero-order valence-electron chi connectivity index (χ0n) is 10.3. The molecule has 0 aliphatic heterocycles. The Kier molecular flexibility index (Phi) is 2.82. The second kappa shape index (κ2) is 4.03. The Morgan fingerprint density at radius 2 is 2.12 bits per heavy atom. The third kappa shape index (κ3) is 2.12. The van der Waals surface area contributed by atoms with Gasteiger partial charge in [-0.1, -0.05) is 25.3 Å². The minimum absolute atomic E-state index is 0.113. The number of carbonyl (C=O) groups is 1. The van der Waals surface area contributed by atoms with Gasteiger partial charge in [0.1, 0.15) is 4.88 Å². The molecule has 0 radical (unpaired) electrons. The standard InChI is InChI=1S/C11H14N4OS/c1-11(2,3)9-8(17-14-13-9)7(16)10-12-5-6-15(10)4/h5-6H,1-4H3. The van der Waals surface area contributed by atoms with E-state index in [1.54, 1.807) is 24.0 Å². The summed E-state index contributed by atoms with van der Waals surface area (Å²) in [6, 6.07) is 0. The summed E-state index contributed by atoms with van der Waals surface area (Å²) in [7, 11) is 1.80. The van der Waals surface area contributed by atoms with Crippen LogP contribution in [0, 0.1) is 0 Å². The molecule has 2 heterocycles. The summed E-state index contributed by atoms with van der Waals surface area (Å²) in [6.45, 7) is 6.04. The Morgan fingerprint density at radius 3 is 2.65 bits per heavy atom. The molecule has 0 saturated heterocycles. The van der Waals surface area contributed by atoms with Crippen molar-refractivity contribution in [3.05, 3.63) is 28.8 Å². The molecule has 0 unspecified atom stereocenters. The zero-order valence-corrected chi connectivity index (χ0v) is 11.1. The molecule has 0 atom stereocenters. The van der Waals surface area contributed by atoms with Crippen LogP contribution in [0.2, 0.25) is 0 Å². The average molecular weight is 250 g/mol. The molecule has 0 fully saturated rings. The number of hydrogen-bond acceptors (Lipinski definition) is 5. The Balaban J connectivity index is 2.46. The fourth-order valence-electron chi connectivity index (χ4n) is 1.52. The quantitative estimate of drug-likeness (QED) is 0.762. The molecule has 0 saturated carbocycles. The smallest absolute Gasteiger partial charge is 0.241 e. The monoisotopic (exact) mass is 250 g/mol. The number of nitrogens with zero attached hydrogens (tertiary/aromatic N) is 4. The molecule has 5 nitrogen and oxygen atoms in total. The van der Waals surface area contributed by atoms with E-state index in [1.807, 2.05) is 20.8 Å². The van der Waals surface area contributed by atoms with Crippen molar-refractivity contribution >= 4 is 17.3 Å². The van der Waals surface area contributed by atoms with Crippen molar-refractivity contribution in [3.63, 3.8) is 0 Å². The number of rotatable bonds is 2. The van der Waals surface area contributed by atoms with E-state index in [0.29, 0.717) is 10.7 Å². The fourth-order valence-corrected chi connectivity index (χ4v) is 2.33. The van der Waals surface area contributed by atoms with Crippen LogP contribution < -0.4 is 0 Å². The highest BCUT2D eigenvalue weighted by atomic mass is 32.1. The number of aryl methyl sites for hydroxylation is 1. The molecule has 0 aliphatic rings. The third-order valence-electron chi connectivity index (χ3n) is 2.43. The second-order valence-electron chi connectivity index (χ2n) is 4.89. The number of imidazole rings is 1. The van der Waals surface area contributed by atoms with E-state index in [4.69, 9.17) is 0 Å². The normalized spacial score (nSPS) is 11.8. The van der Waals surface area contributed by atoms with E-state index in [9.17, 15) is 4.79 Å². The van der Waals surface area contributed by atoms with Crippen molar-refractivity contribution in [1.82, 2.24) is 19.1 Å². The molecule has 0 amide bonds. The van der Waals surface area contributed by atoms with Gasteiger partial charge in [0.05, 0.1) is 5.69 Å². The molecule has 0 aliphatic carbocycles. The van der Waals surface area contributed by atoms with Gasteiger partial charge in [0.2, 0.25) is 5.78 Å². The molecule has 2 aromatic rings. The van der Waals surface area contributed by atoms with E-state index in [0.717, 1.165) is 17.2 Å². The fraction of sp³-hybridized carbons (Fsp3) is 0.455. The van der Waals surface area contributed by atoms with Crippen LogP contribution in [0.3, 0.4) is 0 Å². The van der Waals surface area contributed by atoms with Crippen LogP contribution in [0.5, 0.6) is 0 Å². The van der Waals surface area contributed by atoms with E-state index in [1.165, 1.54) is 0 Å². The molecule has 90 valence electrons. The first kappa shape index (κ1) is 11.9. The lowest BCUT2D eigenvalue weighted by Crippen LogP contribution is -2.18. The minimum atomic E-state index is -0.191. The van der Waals surface area contributed by atoms with Gasteiger partial charge in [0.25, 0.3) is 0 Å². The summed E-state index contributed by atoms with van der Waals surface area (Å²) in [5.74, 6) is 0.305. The van der Waals surface area contributed by atoms with Crippen LogP contribution in [0.25, 0.3) is 0 Å². The van der Waals surface area contributed by atoms with Gasteiger partial charge in [-0.05, 0) is 11.5 Å². The van der Waals surface area contributed by atoms with Gasteiger partial charge >= 0.3 is 0 Å². The summed E-state index contributed by atoms with van der Waals surface area (Å²) < 4.78 is 5.59. The van der Waals surface area contributed by atoms with Crippen molar-refractivity contribution in [3.8, 4) is 0 Å². The first-order valence-corrected chi connectivity index (χ1v) is 6.03. The molecule has 2 rings (SSSR count). The van der Waals surface area contributed by atoms with Crippen LogP contribution in [0.15, 0.2) is 12.4 Å². The Morgan fingerprint density at radius 1 is 1.41 bits per heavy atom. The van der Waals surface area contributed by atoms with Crippen LogP contribution in [0.1, 0.15) is 42.0 Å². The lowest BCUT2D eigenvalue weighted by Gasteiger charge is -2.15. The van der Waals surface area contributed by atoms with Gasteiger partial charge in [-0.15, -0.1) is 5.10 Å². The lowest BCUT2D eigenvalue weighted by atomic mass is 9.90. The van der Waals surface area contributed by atoms with Crippen molar-refractivity contribution in [2.75, 3.05) is 0 Å². The Labute approximate surface area is 104 Å². The van der Waals surface area contributed by atoms with Crippen LogP contribution in [0.4, 0.5) is 0 Å². The number of hydrogen-bond donors (Lipinski definition) is 0. The summed E-state index contributed by atoms with van der Waals surface area (Å²) in [6.07, 6.45) is 3.36. The molecule has 0 N–H and O–H groups in total. The second-order valence-corrected chi connectivity index (χ2v) is 5.65. The van der Waals surface area contributed by atoms with Gasteiger partial charge in [0.15, 0.2) is 5.82 Å². The van der Waals surface area contributed by atoms with Crippen molar-refractivity contribution in [2.45, 2.75) is 26.2 Å². The maximum atomic E-state index is 12.3. The van der Waals surface area contributed by atoms with Gasteiger partial charge in [-0.2, -0.15) is 0 Å². The zero-order chi connectivity index (χ0) is 12.6. The maximum absolute atomic E-state index is 12.3. The van der Waals surface area contributed by atoms with Gasteiger partial charge in [-0.25, -0.2) is 4.98 Å². The maximum Gasteiger partial charge on any atom is 0.241 e. The first-order chi connectivity index (χ1) is 7.91. The first-order valence-electron chi connectivity index (χ1n) is 5.26. The SMILES string of the molecule is Cn1ccnc1C(=O)c1snnc1C(C)(C)C. The van der Waals surface area contributed by atoms with Crippen LogP contribution in [-0.2, 0) is 12.5 Å². The average Bonchev–Trinajstić information content (AvgIpc) is 2.82. The molecule has 17 heavy (non-hydrogen) atoms. The molecule has 2 aromatic heterocycles. The van der Waals surface area contributed by atoms with Crippen molar-refractivity contribution < 1.29 is 4.79 Å². The van der Waals surface area contributed by atoms with Gasteiger partial charge < -0.3 is 4.57 Å². The lowest BCUT2D eigenvalue weighted by molar-refractivity contribution is 0.102. The topological polar surface area (TPSA) is 60.7 Å². The minimum Gasteiger partial charge on any atom is -0.331 e. The molecule has 6 heteroatoms. The van der Waals surface area contributed by atoms with E-state index >= 15 is 0 Å². The Hall–Kier alpha value is -1.56. The highest BCUT2D eigenvalue weighted by Gasteiger charge is 2.28. The molecule has 0 aromatic carbocycles. The molecule has 0 spiro atoms. The third-order valence-corrected chi connectivity index (χ3v) is 3.15. The predicted molar refractivity (Wildman–Crippen MR) is 65.2 cm³/mol. The molecular formula is C11H14N4OS. The summed E-state index contributed by atoms with van der Waals surface area (Å²) in [5.41, 5.74) is 0.541. The Bertz CT molecular complexity index is 550. The largest absolute Gasteiger partial charge is 0.331 e. The summed E-state index contributed by atoms with van der Waals surface area (Å²) in [5, 5.41) is 4.06. The highest BCUT2D eigenvalue weighted by Crippen LogP contribution is 2.27. The predicted octanol–water partition coefficient (Wildman–Crippen LogP) is 1.80. The van der Waals surface area contributed by atoms with E-state index in [2.05, 4.69) is 14.6 Å². The van der Waals surface area contributed by atoms with E-state index < -0.39 is 0 Å². The van der Waals surface area contributed by atoms with Crippen molar-refractivity contribution in [2.24, 2.45) is 7.05 Å². The summed E-state index contributed by atoms with van der Waals surface area (Å²) >= 11 is 1.13. The van der Waals surface area contributed by atoms with Gasteiger partial charge in [-0.3, -0.25) is 4.79 Å². The van der Waals surface area contributed by atoms with Crippen LogP contribution in [-0.4, -0.2) is 24.9 Å². The van der Waals surface area contributed by atoms with Crippen LogP contribution >= 0.6 is 11.5 Å². The summed E-state index contributed by atoms with van der Waals surface area (Å²) in [4.78, 5) is 16.9. The number of aromatic nitrogens is 4. The highest BCUT2D eigenvalue weighted by molar-refractivity contribution is 7.08. The van der Waals surface area contributed by atoms with E-state index in [-0.39, 0.29) is 11.2 Å².